The summed E-state index contributed by atoms with van der Waals surface area (Å²) in [5.41, 5.74) is 3.79. The molecular formula is C25H28N4O3. The van der Waals surface area contributed by atoms with Gasteiger partial charge in [0.2, 0.25) is 11.8 Å². The molecule has 1 aromatic carbocycles. The topological polar surface area (TPSA) is 80.4 Å². The van der Waals surface area contributed by atoms with Gasteiger partial charge in [-0.15, -0.1) is 0 Å². The van der Waals surface area contributed by atoms with Crippen LogP contribution in [0.3, 0.4) is 0 Å². The van der Waals surface area contributed by atoms with Crippen molar-refractivity contribution in [3.8, 4) is 5.82 Å². The van der Waals surface area contributed by atoms with Crippen LogP contribution in [0, 0.1) is 26.7 Å². The highest BCUT2D eigenvalue weighted by molar-refractivity contribution is 5.94. The van der Waals surface area contributed by atoms with E-state index in [1.54, 1.807) is 6.08 Å². The fourth-order valence-electron chi connectivity index (χ4n) is 4.16. The summed E-state index contributed by atoms with van der Waals surface area (Å²) < 4.78 is 7.21. The van der Waals surface area contributed by atoms with Crippen molar-refractivity contribution in [3.63, 3.8) is 0 Å². The van der Waals surface area contributed by atoms with Gasteiger partial charge < -0.3 is 14.7 Å². The molecule has 0 radical (unpaired) electrons. The maximum absolute atomic E-state index is 12.7. The van der Waals surface area contributed by atoms with Crippen LogP contribution in [-0.4, -0.2) is 39.5 Å². The monoisotopic (exact) mass is 432 g/mol. The normalized spacial score (nSPS) is 14.8. The molecule has 1 saturated heterocycles. The first kappa shape index (κ1) is 21.6. The lowest BCUT2D eigenvalue weighted by atomic mass is 9.95. The third-order valence-electron chi connectivity index (χ3n) is 5.94. The van der Waals surface area contributed by atoms with Crippen molar-refractivity contribution in [1.29, 1.82) is 0 Å². The number of amides is 2. The Morgan fingerprint density at radius 1 is 1.09 bits per heavy atom. The van der Waals surface area contributed by atoms with E-state index in [2.05, 4.69) is 10.5 Å². The van der Waals surface area contributed by atoms with Crippen LogP contribution < -0.4 is 5.32 Å². The third kappa shape index (κ3) is 4.66. The molecule has 1 N–H and O–H groups in total. The summed E-state index contributed by atoms with van der Waals surface area (Å²) in [6.45, 7) is 7.01. The van der Waals surface area contributed by atoms with Gasteiger partial charge in [-0.1, -0.05) is 23.4 Å². The minimum Gasteiger partial charge on any atom is -0.360 e. The van der Waals surface area contributed by atoms with Crippen molar-refractivity contribution in [2.75, 3.05) is 18.4 Å². The number of nitrogens with one attached hydrogen (secondary N) is 1. The van der Waals surface area contributed by atoms with Gasteiger partial charge >= 0.3 is 0 Å². The molecule has 0 saturated carbocycles. The molecule has 1 fully saturated rings. The second kappa shape index (κ2) is 9.26. The van der Waals surface area contributed by atoms with Crippen LogP contribution in [0.2, 0.25) is 0 Å². The molecule has 2 amide bonds. The van der Waals surface area contributed by atoms with E-state index < -0.39 is 0 Å². The first-order chi connectivity index (χ1) is 15.4. The molecule has 0 bridgehead atoms. The molecule has 3 heterocycles. The van der Waals surface area contributed by atoms with Gasteiger partial charge in [-0.2, -0.15) is 0 Å². The summed E-state index contributed by atoms with van der Waals surface area (Å²) in [6.07, 6.45) is 4.80. The minimum atomic E-state index is -0.0759. The Kier molecular flexibility index (Phi) is 6.25. The van der Waals surface area contributed by atoms with Crippen LogP contribution in [0.15, 0.2) is 53.1 Å². The van der Waals surface area contributed by atoms with E-state index in [9.17, 15) is 9.59 Å². The molecular weight excluding hydrogens is 404 g/mol. The molecule has 2 aromatic heterocycles. The quantitative estimate of drug-likeness (QED) is 0.610. The summed E-state index contributed by atoms with van der Waals surface area (Å²) in [4.78, 5) is 27.0. The van der Waals surface area contributed by atoms with Crippen LogP contribution in [0.25, 0.3) is 11.9 Å². The zero-order valence-electron chi connectivity index (χ0n) is 18.7. The molecule has 7 nitrogen and oxygen atoms in total. The number of rotatable bonds is 5. The average Bonchev–Trinajstić information content (AvgIpc) is 3.34. The fraction of sp³-hybridized carbons (Fsp3) is 0.320. The molecule has 0 aliphatic carbocycles. The molecule has 32 heavy (non-hydrogen) atoms. The van der Waals surface area contributed by atoms with Gasteiger partial charge in [0.15, 0.2) is 5.82 Å². The number of hydrogen-bond acceptors (Lipinski definition) is 4. The molecule has 166 valence electrons. The number of likely N-dealkylation sites (tertiary alicyclic amines) is 1. The van der Waals surface area contributed by atoms with Gasteiger partial charge in [-0.05, 0) is 63.5 Å². The van der Waals surface area contributed by atoms with E-state index in [1.165, 1.54) is 0 Å². The summed E-state index contributed by atoms with van der Waals surface area (Å²) in [5.74, 6) is 1.40. The standard InChI is InChI=1S/C25H28N4O3/c1-17-15-21(19(3)29(17)23-16-18(2)32-27-23)9-10-24(30)28-13-11-20(12-14-28)25(31)26-22-7-5-4-6-8-22/h4-10,15-16,20H,11-14H2,1-3H3,(H,26,31)/b10-9+. The Morgan fingerprint density at radius 2 is 1.81 bits per heavy atom. The van der Waals surface area contributed by atoms with Crippen LogP contribution in [0.4, 0.5) is 5.69 Å². The van der Waals surface area contributed by atoms with Crippen LogP contribution in [-0.2, 0) is 9.59 Å². The van der Waals surface area contributed by atoms with Crippen molar-refractivity contribution >= 4 is 23.6 Å². The number of carbonyl (C=O) groups is 2. The molecule has 4 rings (SSSR count). The number of piperidine rings is 1. The van der Waals surface area contributed by atoms with E-state index in [4.69, 9.17) is 4.52 Å². The summed E-state index contributed by atoms with van der Waals surface area (Å²) >= 11 is 0. The summed E-state index contributed by atoms with van der Waals surface area (Å²) in [7, 11) is 0. The van der Waals surface area contributed by atoms with E-state index >= 15 is 0 Å². The SMILES string of the molecule is Cc1cc(-n2c(C)cc(/C=C/C(=O)N3CCC(C(=O)Nc4ccccc4)CC3)c2C)no1. The van der Waals surface area contributed by atoms with E-state index in [-0.39, 0.29) is 17.7 Å². The second-order valence-corrected chi connectivity index (χ2v) is 8.25. The minimum absolute atomic E-state index is 0.0226. The smallest absolute Gasteiger partial charge is 0.246 e. The number of hydrogen-bond donors (Lipinski definition) is 1. The van der Waals surface area contributed by atoms with E-state index in [0.717, 1.165) is 34.2 Å². The molecule has 0 spiro atoms. The maximum Gasteiger partial charge on any atom is 0.246 e. The van der Waals surface area contributed by atoms with Crippen molar-refractivity contribution in [2.24, 2.45) is 5.92 Å². The molecule has 1 aliphatic heterocycles. The van der Waals surface area contributed by atoms with Crippen molar-refractivity contribution in [1.82, 2.24) is 14.6 Å². The van der Waals surface area contributed by atoms with Crippen molar-refractivity contribution in [3.05, 3.63) is 71.3 Å². The van der Waals surface area contributed by atoms with Crippen molar-refractivity contribution in [2.45, 2.75) is 33.6 Å². The Balaban J connectivity index is 1.35. The molecule has 0 unspecified atom stereocenters. The highest BCUT2D eigenvalue weighted by Gasteiger charge is 2.26. The lowest BCUT2D eigenvalue weighted by Gasteiger charge is -2.30. The highest BCUT2D eigenvalue weighted by Crippen LogP contribution is 2.23. The third-order valence-corrected chi connectivity index (χ3v) is 5.94. The highest BCUT2D eigenvalue weighted by atomic mass is 16.5. The van der Waals surface area contributed by atoms with Crippen LogP contribution >= 0.6 is 0 Å². The fourth-order valence-corrected chi connectivity index (χ4v) is 4.16. The zero-order chi connectivity index (χ0) is 22.7. The molecule has 0 atom stereocenters. The van der Waals surface area contributed by atoms with Gasteiger partial charge in [0.1, 0.15) is 5.76 Å². The molecule has 7 heteroatoms. The number of carbonyl (C=O) groups excluding carboxylic acids is 2. The number of para-hydroxylation sites is 1. The first-order valence-corrected chi connectivity index (χ1v) is 10.9. The predicted molar refractivity (Wildman–Crippen MR) is 123 cm³/mol. The predicted octanol–water partition coefficient (Wildman–Crippen LogP) is 4.28. The molecule has 1 aliphatic rings. The first-order valence-electron chi connectivity index (χ1n) is 10.9. The zero-order valence-corrected chi connectivity index (χ0v) is 18.7. The van der Waals surface area contributed by atoms with Gasteiger partial charge in [0.05, 0.1) is 0 Å². The van der Waals surface area contributed by atoms with E-state index in [1.807, 2.05) is 78.8 Å². The summed E-state index contributed by atoms with van der Waals surface area (Å²) in [6, 6.07) is 13.4. The van der Waals surface area contributed by atoms with E-state index in [0.29, 0.717) is 25.9 Å². The number of nitrogens with zero attached hydrogens (tertiary/aromatic N) is 3. The Morgan fingerprint density at radius 3 is 2.47 bits per heavy atom. The van der Waals surface area contributed by atoms with Gasteiger partial charge in [0, 0.05) is 48.2 Å². The van der Waals surface area contributed by atoms with Crippen molar-refractivity contribution < 1.29 is 14.1 Å². The summed E-state index contributed by atoms with van der Waals surface area (Å²) in [5, 5.41) is 7.05. The van der Waals surface area contributed by atoms with Gasteiger partial charge in [-0.25, -0.2) is 0 Å². The number of aryl methyl sites for hydroxylation is 2. The Bertz CT molecular complexity index is 1140. The lowest BCUT2D eigenvalue weighted by molar-refractivity contribution is -0.130. The Labute approximate surface area is 187 Å². The van der Waals surface area contributed by atoms with Crippen LogP contribution in [0.5, 0.6) is 0 Å². The van der Waals surface area contributed by atoms with Crippen LogP contribution in [0.1, 0.15) is 35.6 Å². The number of aromatic nitrogens is 2. The average molecular weight is 433 g/mol. The Hall–Kier alpha value is -3.61. The molecule has 3 aromatic rings. The number of benzene rings is 1. The maximum atomic E-state index is 12.7. The van der Waals surface area contributed by atoms with Gasteiger partial charge in [-0.3, -0.25) is 14.2 Å². The number of anilines is 1. The second-order valence-electron chi connectivity index (χ2n) is 8.25. The largest absolute Gasteiger partial charge is 0.360 e. The van der Waals surface area contributed by atoms with Gasteiger partial charge in [0.25, 0.3) is 0 Å². The lowest BCUT2D eigenvalue weighted by Crippen LogP contribution is -2.40.